The van der Waals surface area contributed by atoms with E-state index in [2.05, 4.69) is 16.0 Å². The van der Waals surface area contributed by atoms with Crippen molar-refractivity contribution in [2.75, 3.05) is 25.0 Å². The van der Waals surface area contributed by atoms with Crippen LogP contribution in [0, 0.1) is 0 Å². The van der Waals surface area contributed by atoms with E-state index in [1.54, 1.807) is 18.2 Å². The lowest BCUT2D eigenvalue weighted by Crippen LogP contribution is -2.37. The Hall–Kier alpha value is -1.79. The average Bonchev–Trinajstić information content (AvgIpc) is 2.86. The summed E-state index contributed by atoms with van der Waals surface area (Å²) in [4.78, 5) is 23.6. The zero-order valence-corrected chi connectivity index (χ0v) is 15.1. The first-order valence-corrected chi connectivity index (χ1v) is 8.80. The Balaban J connectivity index is 0.00000225. The van der Waals surface area contributed by atoms with Crippen LogP contribution in [0.3, 0.4) is 0 Å². The van der Waals surface area contributed by atoms with Crippen LogP contribution in [0.15, 0.2) is 18.2 Å². The molecule has 1 aliphatic carbocycles. The van der Waals surface area contributed by atoms with E-state index in [1.807, 2.05) is 0 Å². The number of benzene rings is 1. The van der Waals surface area contributed by atoms with E-state index in [0.717, 1.165) is 6.54 Å². The summed E-state index contributed by atoms with van der Waals surface area (Å²) < 4.78 is 5.29. The van der Waals surface area contributed by atoms with Crippen molar-refractivity contribution in [2.24, 2.45) is 0 Å². The highest BCUT2D eigenvalue weighted by atomic mass is 35.5. The molecule has 2 aliphatic rings. The number of halogens is 1. The predicted molar refractivity (Wildman–Crippen MR) is 99.6 cm³/mol. The Kier molecular flexibility index (Phi) is 7.52. The fourth-order valence-corrected chi connectivity index (χ4v) is 3.26. The van der Waals surface area contributed by atoms with Crippen LogP contribution in [-0.4, -0.2) is 37.6 Å². The summed E-state index contributed by atoms with van der Waals surface area (Å²) in [6.45, 7) is 1.39. The summed E-state index contributed by atoms with van der Waals surface area (Å²) in [6, 6.07) is 5.67. The van der Waals surface area contributed by atoms with Crippen molar-refractivity contribution < 1.29 is 14.3 Å². The second kappa shape index (κ2) is 9.63. The monoisotopic (exact) mass is 367 g/mol. The molecule has 1 saturated carbocycles. The maximum Gasteiger partial charge on any atom is 0.262 e. The van der Waals surface area contributed by atoms with Gasteiger partial charge in [0.2, 0.25) is 0 Å². The first-order chi connectivity index (χ1) is 11.7. The lowest BCUT2D eigenvalue weighted by atomic mass is 10.1. The molecule has 0 radical (unpaired) electrons. The molecule has 2 amide bonds. The number of ether oxygens (including phenoxy) is 1. The molecule has 0 bridgehead atoms. The molecule has 7 heteroatoms. The maximum absolute atomic E-state index is 12.2. The molecule has 1 fully saturated rings. The van der Waals surface area contributed by atoms with E-state index in [-0.39, 0.29) is 30.8 Å². The SMILES string of the molecule is Cl.O=C1COc2ccc(C(=O)NCCNC3CCCCCC3)cc2N1. The van der Waals surface area contributed by atoms with Crippen molar-refractivity contribution >= 4 is 29.9 Å². The van der Waals surface area contributed by atoms with Crippen LogP contribution in [0.4, 0.5) is 5.69 Å². The van der Waals surface area contributed by atoms with Crippen molar-refractivity contribution in [3.63, 3.8) is 0 Å². The van der Waals surface area contributed by atoms with Crippen molar-refractivity contribution in [2.45, 2.75) is 44.6 Å². The summed E-state index contributed by atoms with van der Waals surface area (Å²) in [5.74, 6) is 0.258. The topological polar surface area (TPSA) is 79.5 Å². The van der Waals surface area contributed by atoms with Crippen LogP contribution in [-0.2, 0) is 4.79 Å². The number of amides is 2. The molecule has 0 unspecified atom stereocenters. The molecule has 0 saturated heterocycles. The minimum atomic E-state index is -0.201. The number of nitrogens with one attached hydrogen (secondary N) is 3. The highest BCUT2D eigenvalue weighted by Gasteiger charge is 2.17. The zero-order chi connectivity index (χ0) is 16.8. The fraction of sp³-hybridized carbons (Fsp3) is 0.556. The Morgan fingerprint density at radius 2 is 1.92 bits per heavy atom. The minimum Gasteiger partial charge on any atom is -0.482 e. The van der Waals surface area contributed by atoms with Gasteiger partial charge in [0.25, 0.3) is 11.8 Å². The molecule has 1 aromatic rings. The maximum atomic E-state index is 12.2. The number of hydrogen-bond acceptors (Lipinski definition) is 4. The summed E-state index contributed by atoms with van der Waals surface area (Å²) in [6.07, 6.45) is 7.75. The van der Waals surface area contributed by atoms with Crippen LogP contribution >= 0.6 is 12.4 Å². The summed E-state index contributed by atoms with van der Waals surface area (Å²) in [7, 11) is 0. The van der Waals surface area contributed by atoms with Crippen LogP contribution in [0.5, 0.6) is 5.75 Å². The zero-order valence-electron chi connectivity index (χ0n) is 14.3. The smallest absolute Gasteiger partial charge is 0.262 e. The standard InChI is InChI=1S/C18H25N3O3.ClH/c22-17-12-24-16-8-7-13(11-15(16)21-17)18(23)20-10-9-19-14-5-3-1-2-4-6-14;/h7-8,11,14,19H,1-6,9-10,12H2,(H,20,23)(H,21,22);1H. The van der Waals surface area contributed by atoms with Gasteiger partial charge in [0, 0.05) is 24.7 Å². The molecule has 25 heavy (non-hydrogen) atoms. The van der Waals surface area contributed by atoms with E-state index < -0.39 is 0 Å². The van der Waals surface area contributed by atoms with Crippen molar-refractivity contribution in [3.8, 4) is 5.75 Å². The summed E-state index contributed by atoms with van der Waals surface area (Å²) in [5, 5.41) is 9.16. The second-order valence-electron chi connectivity index (χ2n) is 6.45. The highest BCUT2D eigenvalue weighted by molar-refractivity contribution is 5.99. The predicted octanol–water partition coefficient (Wildman–Crippen LogP) is 2.48. The Bertz CT molecular complexity index is 601. The quantitative estimate of drug-likeness (QED) is 0.551. The number of hydrogen-bond donors (Lipinski definition) is 3. The van der Waals surface area contributed by atoms with Gasteiger partial charge in [-0.05, 0) is 31.0 Å². The third-order valence-electron chi connectivity index (χ3n) is 4.57. The molecule has 1 heterocycles. The minimum absolute atomic E-state index is 0. The molecule has 138 valence electrons. The van der Waals surface area contributed by atoms with Gasteiger partial charge in [0.05, 0.1) is 5.69 Å². The van der Waals surface area contributed by atoms with Gasteiger partial charge in [-0.25, -0.2) is 0 Å². The molecule has 0 spiro atoms. The lowest BCUT2D eigenvalue weighted by molar-refractivity contribution is -0.118. The largest absolute Gasteiger partial charge is 0.482 e. The first kappa shape index (κ1) is 19.5. The Morgan fingerprint density at radius 3 is 2.68 bits per heavy atom. The molecule has 3 N–H and O–H groups in total. The number of rotatable bonds is 5. The molecule has 1 aliphatic heterocycles. The normalized spacial score (nSPS) is 17.4. The number of carbonyl (C=O) groups is 2. The van der Waals surface area contributed by atoms with Crippen LogP contribution in [0.1, 0.15) is 48.9 Å². The van der Waals surface area contributed by atoms with Gasteiger partial charge in [0.15, 0.2) is 6.61 Å². The molecule has 6 nitrogen and oxygen atoms in total. The van der Waals surface area contributed by atoms with Crippen molar-refractivity contribution in [1.82, 2.24) is 10.6 Å². The van der Waals surface area contributed by atoms with E-state index in [1.165, 1.54) is 38.5 Å². The third-order valence-corrected chi connectivity index (χ3v) is 4.57. The summed E-state index contributed by atoms with van der Waals surface area (Å²) in [5.41, 5.74) is 1.07. The molecule has 0 atom stereocenters. The Morgan fingerprint density at radius 1 is 1.16 bits per heavy atom. The van der Waals surface area contributed by atoms with E-state index in [9.17, 15) is 9.59 Å². The second-order valence-corrected chi connectivity index (χ2v) is 6.45. The van der Waals surface area contributed by atoms with E-state index in [4.69, 9.17) is 4.74 Å². The van der Waals surface area contributed by atoms with Crippen molar-refractivity contribution in [3.05, 3.63) is 23.8 Å². The molecular formula is C18H26ClN3O3. The van der Waals surface area contributed by atoms with Gasteiger partial charge < -0.3 is 20.7 Å². The van der Waals surface area contributed by atoms with Crippen LogP contribution in [0.2, 0.25) is 0 Å². The van der Waals surface area contributed by atoms with E-state index >= 15 is 0 Å². The average molecular weight is 368 g/mol. The van der Waals surface area contributed by atoms with Gasteiger partial charge in [-0.15, -0.1) is 12.4 Å². The van der Waals surface area contributed by atoms with Gasteiger partial charge in [-0.2, -0.15) is 0 Å². The van der Waals surface area contributed by atoms with Crippen LogP contribution < -0.4 is 20.7 Å². The summed E-state index contributed by atoms with van der Waals surface area (Å²) >= 11 is 0. The van der Waals surface area contributed by atoms with Gasteiger partial charge in [-0.1, -0.05) is 25.7 Å². The number of anilines is 1. The molecule has 0 aromatic heterocycles. The third kappa shape index (κ3) is 5.61. The molecular weight excluding hydrogens is 342 g/mol. The fourth-order valence-electron chi connectivity index (χ4n) is 3.26. The number of fused-ring (bicyclic) bond motifs is 1. The molecule has 3 rings (SSSR count). The van der Waals surface area contributed by atoms with E-state index in [0.29, 0.717) is 29.6 Å². The van der Waals surface area contributed by atoms with Crippen LogP contribution in [0.25, 0.3) is 0 Å². The molecule has 1 aromatic carbocycles. The first-order valence-electron chi connectivity index (χ1n) is 8.80. The van der Waals surface area contributed by atoms with Gasteiger partial charge in [0.1, 0.15) is 5.75 Å². The van der Waals surface area contributed by atoms with Gasteiger partial charge in [-0.3, -0.25) is 9.59 Å². The highest BCUT2D eigenvalue weighted by Crippen LogP contribution is 2.28. The van der Waals surface area contributed by atoms with Crippen molar-refractivity contribution in [1.29, 1.82) is 0 Å². The Labute approximate surface area is 154 Å². The lowest BCUT2D eigenvalue weighted by Gasteiger charge is -2.18. The van der Waals surface area contributed by atoms with Gasteiger partial charge >= 0.3 is 0 Å². The number of carbonyl (C=O) groups excluding carboxylic acids is 2.